The lowest BCUT2D eigenvalue weighted by molar-refractivity contribution is 0.102. The van der Waals surface area contributed by atoms with E-state index >= 15 is 0 Å². The van der Waals surface area contributed by atoms with Gasteiger partial charge in [0.2, 0.25) is 0 Å². The number of hydrogen-bond donors (Lipinski definition) is 2. The monoisotopic (exact) mass is 307 g/mol. The molecule has 1 aromatic heterocycles. The third kappa shape index (κ3) is 3.20. The smallest absolute Gasteiger partial charge is 0.276 e. The van der Waals surface area contributed by atoms with Gasteiger partial charge in [0.25, 0.3) is 5.91 Å². The first-order chi connectivity index (χ1) is 8.69. The molecular weight excluding hydrogens is 294 g/mol. The van der Waals surface area contributed by atoms with Crippen molar-refractivity contribution in [3.05, 3.63) is 46.2 Å². The maximum Gasteiger partial charge on any atom is 0.276 e. The molecule has 0 fully saturated rings. The van der Waals surface area contributed by atoms with Crippen molar-refractivity contribution in [2.75, 3.05) is 5.32 Å². The van der Waals surface area contributed by atoms with E-state index in [1.807, 2.05) is 24.3 Å². The maximum absolute atomic E-state index is 11.9. The SMILES string of the molecule is CCCc1cc(C(=O)Nc2cccc(Br)c2)n[nH]1. The van der Waals surface area contributed by atoms with Gasteiger partial charge >= 0.3 is 0 Å². The summed E-state index contributed by atoms with van der Waals surface area (Å²) in [5.74, 6) is -0.202. The van der Waals surface area contributed by atoms with Crippen LogP contribution in [-0.4, -0.2) is 16.1 Å². The van der Waals surface area contributed by atoms with Gasteiger partial charge in [-0.25, -0.2) is 0 Å². The number of anilines is 1. The summed E-state index contributed by atoms with van der Waals surface area (Å²) >= 11 is 3.36. The van der Waals surface area contributed by atoms with E-state index in [-0.39, 0.29) is 5.91 Å². The molecule has 18 heavy (non-hydrogen) atoms. The summed E-state index contributed by atoms with van der Waals surface area (Å²) in [6, 6.07) is 9.24. The van der Waals surface area contributed by atoms with Crippen molar-refractivity contribution < 1.29 is 4.79 Å². The van der Waals surface area contributed by atoms with Crippen molar-refractivity contribution in [3.8, 4) is 0 Å². The van der Waals surface area contributed by atoms with Crippen molar-refractivity contribution in [2.45, 2.75) is 19.8 Å². The molecule has 2 N–H and O–H groups in total. The molecule has 2 aromatic rings. The number of carbonyl (C=O) groups excluding carboxylic acids is 1. The minimum atomic E-state index is -0.202. The van der Waals surface area contributed by atoms with Crippen LogP contribution in [0.15, 0.2) is 34.8 Å². The molecule has 94 valence electrons. The molecule has 0 atom stereocenters. The van der Waals surface area contributed by atoms with E-state index in [0.29, 0.717) is 5.69 Å². The highest BCUT2D eigenvalue weighted by atomic mass is 79.9. The zero-order chi connectivity index (χ0) is 13.0. The Morgan fingerprint density at radius 3 is 3.00 bits per heavy atom. The molecular formula is C13H14BrN3O. The van der Waals surface area contributed by atoms with E-state index in [9.17, 15) is 4.79 Å². The Morgan fingerprint density at radius 1 is 1.44 bits per heavy atom. The second-order valence-corrected chi connectivity index (χ2v) is 4.91. The summed E-state index contributed by atoms with van der Waals surface area (Å²) in [4.78, 5) is 11.9. The average Bonchev–Trinajstić information content (AvgIpc) is 2.78. The third-order valence-corrected chi connectivity index (χ3v) is 2.96. The highest BCUT2D eigenvalue weighted by Gasteiger charge is 2.10. The van der Waals surface area contributed by atoms with Gasteiger partial charge in [-0.15, -0.1) is 0 Å². The van der Waals surface area contributed by atoms with Gasteiger partial charge in [0.1, 0.15) is 0 Å². The number of benzene rings is 1. The Morgan fingerprint density at radius 2 is 2.28 bits per heavy atom. The quantitative estimate of drug-likeness (QED) is 0.909. The summed E-state index contributed by atoms with van der Waals surface area (Å²) in [6.45, 7) is 2.09. The zero-order valence-electron chi connectivity index (χ0n) is 10.0. The van der Waals surface area contributed by atoms with Crippen molar-refractivity contribution in [3.63, 3.8) is 0 Å². The predicted molar refractivity (Wildman–Crippen MR) is 74.7 cm³/mol. The first-order valence-corrected chi connectivity index (χ1v) is 6.59. The van der Waals surface area contributed by atoms with Crippen LogP contribution in [0.5, 0.6) is 0 Å². The predicted octanol–water partition coefficient (Wildman–Crippen LogP) is 3.38. The molecule has 5 heteroatoms. The van der Waals surface area contributed by atoms with E-state index in [2.05, 4.69) is 38.4 Å². The highest BCUT2D eigenvalue weighted by Crippen LogP contribution is 2.16. The van der Waals surface area contributed by atoms with Gasteiger partial charge in [0, 0.05) is 15.9 Å². The van der Waals surface area contributed by atoms with Crippen LogP contribution in [0.25, 0.3) is 0 Å². The van der Waals surface area contributed by atoms with Crippen molar-refractivity contribution >= 4 is 27.5 Å². The minimum Gasteiger partial charge on any atom is -0.321 e. The van der Waals surface area contributed by atoms with Crippen LogP contribution in [0, 0.1) is 0 Å². The van der Waals surface area contributed by atoms with Gasteiger partial charge in [-0.1, -0.05) is 35.3 Å². The number of amides is 1. The van der Waals surface area contributed by atoms with E-state index in [4.69, 9.17) is 0 Å². The number of rotatable bonds is 4. The van der Waals surface area contributed by atoms with Gasteiger partial charge in [-0.3, -0.25) is 9.89 Å². The molecule has 0 bridgehead atoms. The summed E-state index contributed by atoms with van der Waals surface area (Å²) < 4.78 is 0.925. The number of aromatic amines is 1. The van der Waals surface area contributed by atoms with Crippen LogP contribution in [0.2, 0.25) is 0 Å². The number of halogens is 1. The molecule has 0 aliphatic rings. The van der Waals surface area contributed by atoms with E-state index in [0.717, 1.165) is 28.7 Å². The van der Waals surface area contributed by atoms with Crippen LogP contribution < -0.4 is 5.32 Å². The minimum absolute atomic E-state index is 0.202. The number of aromatic nitrogens is 2. The second-order valence-electron chi connectivity index (χ2n) is 3.99. The molecule has 0 unspecified atom stereocenters. The highest BCUT2D eigenvalue weighted by molar-refractivity contribution is 9.10. The van der Waals surface area contributed by atoms with E-state index in [1.54, 1.807) is 6.07 Å². The number of nitrogens with zero attached hydrogens (tertiary/aromatic N) is 1. The van der Waals surface area contributed by atoms with Crippen molar-refractivity contribution in [1.82, 2.24) is 10.2 Å². The van der Waals surface area contributed by atoms with Gasteiger partial charge in [-0.2, -0.15) is 5.10 Å². The molecule has 0 saturated heterocycles. The van der Waals surface area contributed by atoms with Crippen LogP contribution >= 0.6 is 15.9 Å². The van der Waals surface area contributed by atoms with Gasteiger partial charge in [-0.05, 0) is 30.7 Å². The number of carbonyl (C=O) groups is 1. The summed E-state index contributed by atoms with van der Waals surface area (Å²) in [5, 5.41) is 9.67. The molecule has 0 aliphatic heterocycles. The van der Waals surface area contributed by atoms with Gasteiger partial charge < -0.3 is 5.32 Å². The fourth-order valence-corrected chi connectivity index (χ4v) is 2.04. The topological polar surface area (TPSA) is 57.8 Å². The Hall–Kier alpha value is -1.62. The zero-order valence-corrected chi connectivity index (χ0v) is 11.6. The van der Waals surface area contributed by atoms with Crippen LogP contribution in [0.4, 0.5) is 5.69 Å². The first-order valence-electron chi connectivity index (χ1n) is 5.80. The molecule has 4 nitrogen and oxygen atoms in total. The number of hydrogen-bond acceptors (Lipinski definition) is 2. The normalized spacial score (nSPS) is 10.3. The van der Waals surface area contributed by atoms with Crippen LogP contribution in [-0.2, 0) is 6.42 Å². The lowest BCUT2D eigenvalue weighted by atomic mass is 10.2. The van der Waals surface area contributed by atoms with Gasteiger partial charge in [0.15, 0.2) is 5.69 Å². The summed E-state index contributed by atoms with van der Waals surface area (Å²) in [5.41, 5.74) is 2.14. The molecule has 1 heterocycles. The first kappa shape index (κ1) is 12.8. The van der Waals surface area contributed by atoms with E-state index < -0.39 is 0 Å². The summed E-state index contributed by atoms with van der Waals surface area (Å²) in [7, 11) is 0. The number of H-pyrrole nitrogens is 1. The molecule has 0 saturated carbocycles. The van der Waals surface area contributed by atoms with Crippen LogP contribution in [0.1, 0.15) is 29.5 Å². The largest absolute Gasteiger partial charge is 0.321 e. The number of aryl methyl sites for hydroxylation is 1. The Balaban J connectivity index is 2.07. The van der Waals surface area contributed by atoms with Crippen LogP contribution in [0.3, 0.4) is 0 Å². The fraction of sp³-hybridized carbons (Fsp3) is 0.231. The van der Waals surface area contributed by atoms with Crippen molar-refractivity contribution in [2.24, 2.45) is 0 Å². The average molecular weight is 308 g/mol. The van der Waals surface area contributed by atoms with E-state index in [1.165, 1.54) is 0 Å². The molecule has 0 spiro atoms. The third-order valence-electron chi connectivity index (χ3n) is 2.47. The van der Waals surface area contributed by atoms with Crippen molar-refractivity contribution in [1.29, 1.82) is 0 Å². The number of nitrogens with one attached hydrogen (secondary N) is 2. The second kappa shape index (κ2) is 5.82. The molecule has 1 aromatic carbocycles. The maximum atomic E-state index is 11.9. The Kier molecular flexibility index (Phi) is 4.15. The lowest BCUT2D eigenvalue weighted by Crippen LogP contribution is -2.12. The Bertz CT molecular complexity index is 551. The lowest BCUT2D eigenvalue weighted by Gasteiger charge is -2.02. The molecule has 1 amide bonds. The molecule has 0 radical (unpaired) electrons. The standard InChI is InChI=1S/C13H14BrN3O/c1-2-4-11-8-12(17-16-11)13(18)15-10-6-3-5-9(14)7-10/h3,5-8H,2,4H2,1H3,(H,15,18)(H,16,17). The molecule has 2 rings (SSSR count). The fourth-order valence-electron chi connectivity index (χ4n) is 1.64. The summed E-state index contributed by atoms with van der Waals surface area (Å²) in [6.07, 6.45) is 1.92. The van der Waals surface area contributed by atoms with Gasteiger partial charge in [0.05, 0.1) is 0 Å². The Labute approximate surface area is 114 Å². The molecule has 0 aliphatic carbocycles.